The minimum atomic E-state index is -1.46. The fraction of sp³-hybridized carbons (Fsp3) is 0.355. The molecule has 0 fully saturated rings. The Kier molecular flexibility index (Phi) is 8.39. The minimum absolute atomic E-state index is 0.0263. The molecule has 9 nitrogen and oxygen atoms in total. The summed E-state index contributed by atoms with van der Waals surface area (Å²) in [5, 5.41) is 18.5. The van der Waals surface area contributed by atoms with Crippen molar-refractivity contribution in [2.24, 2.45) is 0 Å². The summed E-state index contributed by atoms with van der Waals surface area (Å²) in [5.41, 5.74) is 2.74. The average molecular weight is 630 g/mol. The molecule has 2 N–H and O–H groups in total. The van der Waals surface area contributed by atoms with Crippen LogP contribution in [0.4, 0.5) is 4.39 Å². The topological polar surface area (TPSA) is 115 Å². The molecule has 1 aliphatic heterocycles. The van der Waals surface area contributed by atoms with E-state index in [0.717, 1.165) is 0 Å². The Balaban J connectivity index is 1.69. The summed E-state index contributed by atoms with van der Waals surface area (Å²) in [4.78, 5) is 30.5. The molecule has 2 aromatic carbocycles. The van der Waals surface area contributed by atoms with Gasteiger partial charge in [0, 0.05) is 45.0 Å². The van der Waals surface area contributed by atoms with Gasteiger partial charge in [-0.15, -0.1) is 0 Å². The Bertz CT molecular complexity index is 1770. The van der Waals surface area contributed by atoms with E-state index in [0.29, 0.717) is 57.4 Å². The molecule has 12 heteroatoms. The Hall–Kier alpha value is -3.73. The van der Waals surface area contributed by atoms with Gasteiger partial charge in [-0.05, 0) is 76.8 Å². The van der Waals surface area contributed by atoms with Crippen LogP contribution in [0.15, 0.2) is 30.3 Å². The molecule has 43 heavy (non-hydrogen) atoms. The van der Waals surface area contributed by atoms with Crippen LogP contribution in [0.5, 0.6) is 5.75 Å². The number of nitrogens with zero attached hydrogens (tertiary/aromatic N) is 3. The zero-order chi connectivity index (χ0) is 31.2. The first-order valence-electron chi connectivity index (χ1n) is 13.7. The Morgan fingerprint density at radius 1 is 1.21 bits per heavy atom. The van der Waals surface area contributed by atoms with E-state index in [1.807, 2.05) is 6.92 Å². The van der Waals surface area contributed by atoms with Crippen LogP contribution >= 0.6 is 23.2 Å². The second-order valence-electron chi connectivity index (χ2n) is 11.4. The van der Waals surface area contributed by atoms with Crippen LogP contribution in [0.2, 0.25) is 10.0 Å². The van der Waals surface area contributed by atoms with Crippen molar-refractivity contribution in [3.05, 3.63) is 79.8 Å². The number of hydrogen-bond acceptors (Lipinski definition) is 6. The van der Waals surface area contributed by atoms with Gasteiger partial charge >= 0.3 is 5.97 Å². The maximum absolute atomic E-state index is 15.5. The minimum Gasteiger partial charge on any atom is -0.490 e. The van der Waals surface area contributed by atoms with Crippen molar-refractivity contribution < 1.29 is 28.6 Å². The summed E-state index contributed by atoms with van der Waals surface area (Å²) in [7, 11) is 0. The number of amides is 1. The lowest BCUT2D eigenvalue weighted by Gasteiger charge is -2.28. The quantitative estimate of drug-likeness (QED) is 0.235. The van der Waals surface area contributed by atoms with Crippen molar-refractivity contribution in [2.45, 2.75) is 65.7 Å². The molecular formula is C31H31Cl2FN4O5. The third-order valence-electron chi connectivity index (χ3n) is 7.17. The summed E-state index contributed by atoms with van der Waals surface area (Å²) in [5.74, 6) is -2.13. The molecule has 1 atom stereocenters. The number of nitrogens with one attached hydrogen (secondary N) is 1. The molecule has 0 radical (unpaired) electrons. The number of carboxylic acids is 1. The van der Waals surface area contributed by atoms with Crippen molar-refractivity contribution in [2.75, 3.05) is 6.61 Å². The predicted molar refractivity (Wildman–Crippen MR) is 161 cm³/mol. The first-order valence-corrected chi connectivity index (χ1v) is 14.5. The number of ether oxygens (including phenoxy) is 2. The van der Waals surface area contributed by atoms with Gasteiger partial charge in [0.25, 0.3) is 5.91 Å². The summed E-state index contributed by atoms with van der Waals surface area (Å²) in [6.45, 7) is 9.25. The second-order valence-corrected chi connectivity index (χ2v) is 12.3. The number of carbonyl (C=O) groups excluding carboxylic acids is 1. The number of hydrogen-bond donors (Lipinski definition) is 2. The van der Waals surface area contributed by atoms with E-state index < -0.39 is 29.4 Å². The third kappa shape index (κ3) is 6.18. The van der Waals surface area contributed by atoms with Crippen LogP contribution in [-0.4, -0.2) is 43.8 Å². The fourth-order valence-corrected chi connectivity index (χ4v) is 5.71. The van der Waals surface area contributed by atoms with E-state index in [4.69, 9.17) is 32.7 Å². The largest absolute Gasteiger partial charge is 0.490 e. The van der Waals surface area contributed by atoms with Crippen LogP contribution < -0.4 is 10.1 Å². The highest BCUT2D eigenvalue weighted by Gasteiger charge is 2.35. The number of aryl methyl sites for hydroxylation is 1. The van der Waals surface area contributed by atoms with Gasteiger partial charge in [-0.2, -0.15) is 5.10 Å². The predicted octanol–water partition coefficient (Wildman–Crippen LogP) is 6.65. The van der Waals surface area contributed by atoms with Gasteiger partial charge in [0.2, 0.25) is 0 Å². The molecular weight excluding hydrogens is 598 g/mol. The van der Waals surface area contributed by atoms with Crippen molar-refractivity contribution in [3.8, 4) is 17.0 Å². The Morgan fingerprint density at radius 2 is 1.95 bits per heavy atom. The molecule has 1 aliphatic rings. The molecule has 0 aliphatic carbocycles. The Labute approximate surface area is 257 Å². The normalized spacial score (nSPS) is 13.9. The SMILES string of the molecule is Cc1nc2cc(C(=O)NCc3ccc(Cl)cc3Cl)nn2c(-c2cc(F)c3c(c2C)CCCO3)c1[C@H](OC(C)(C)C)C(=O)O. The monoisotopic (exact) mass is 628 g/mol. The number of aliphatic carboxylic acids is 1. The summed E-state index contributed by atoms with van der Waals surface area (Å²) < 4.78 is 28.5. The number of carbonyl (C=O) groups is 2. The smallest absolute Gasteiger partial charge is 0.337 e. The molecule has 5 rings (SSSR count). The number of rotatable bonds is 7. The van der Waals surface area contributed by atoms with E-state index in [-0.39, 0.29) is 34.9 Å². The lowest BCUT2D eigenvalue weighted by atomic mass is 9.91. The molecule has 0 saturated heterocycles. The zero-order valence-electron chi connectivity index (χ0n) is 24.3. The van der Waals surface area contributed by atoms with Gasteiger partial charge in [0.1, 0.15) is 0 Å². The molecule has 0 saturated carbocycles. The van der Waals surface area contributed by atoms with Crippen LogP contribution in [0.1, 0.15) is 71.7 Å². The van der Waals surface area contributed by atoms with E-state index in [1.165, 1.54) is 16.6 Å². The van der Waals surface area contributed by atoms with Gasteiger partial charge in [-0.25, -0.2) is 18.7 Å². The average Bonchev–Trinajstić information content (AvgIpc) is 3.36. The molecule has 226 valence electrons. The van der Waals surface area contributed by atoms with Crippen LogP contribution in [0.3, 0.4) is 0 Å². The summed E-state index contributed by atoms with van der Waals surface area (Å²) >= 11 is 12.2. The van der Waals surface area contributed by atoms with Crippen molar-refractivity contribution in [1.82, 2.24) is 19.9 Å². The highest BCUT2D eigenvalue weighted by Crippen LogP contribution is 2.41. The molecule has 0 unspecified atom stereocenters. The van der Waals surface area contributed by atoms with Crippen LogP contribution in [0, 0.1) is 19.7 Å². The number of halogens is 3. The van der Waals surface area contributed by atoms with Gasteiger partial charge < -0.3 is 19.9 Å². The maximum Gasteiger partial charge on any atom is 0.337 e. The molecule has 3 heterocycles. The highest BCUT2D eigenvalue weighted by atomic mass is 35.5. The molecule has 4 aromatic rings. The van der Waals surface area contributed by atoms with Gasteiger partial charge in [-0.3, -0.25) is 4.79 Å². The van der Waals surface area contributed by atoms with Crippen LogP contribution in [-0.2, 0) is 22.5 Å². The summed E-state index contributed by atoms with van der Waals surface area (Å²) in [6.07, 6.45) is -0.159. The lowest BCUT2D eigenvalue weighted by molar-refractivity contribution is -0.160. The van der Waals surface area contributed by atoms with Gasteiger partial charge in [0.05, 0.1) is 17.9 Å². The first kappa shape index (κ1) is 30.7. The van der Waals surface area contributed by atoms with Crippen molar-refractivity contribution in [1.29, 1.82) is 0 Å². The highest BCUT2D eigenvalue weighted by molar-refractivity contribution is 6.35. The number of fused-ring (bicyclic) bond motifs is 2. The lowest BCUT2D eigenvalue weighted by Crippen LogP contribution is -2.29. The van der Waals surface area contributed by atoms with E-state index in [2.05, 4.69) is 15.4 Å². The van der Waals surface area contributed by atoms with Crippen LogP contribution in [0.25, 0.3) is 16.9 Å². The Morgan fingerprint density at radius 3 is 2.63 bits per heavy atom. The van der Waals surface area contributed by atoms with E-state index >= 15 is 4.39 Å². The first-order chi connectivity index (χ1) is 20.2. The van der Waals surface area contributed by atoms with Gasteiger partial charge in [-0.1, -0.05) is 29.3 Å². The number of aromatic nitrogens is 3. The third-order valence-corrected chi connectivity index (χ3v) is 7.75. The van der Waals surface area contributed by atoms with E-state index in [1.54, 1.807) is 45.9 Å². The zero-order valence-corrected chi connectivity index (χ0v) is 25.9. The van der Waals surface area contributed by atoms with E-state index in [9.17, 15) is 14.7 Å². The second kappa shape index (κ2) is 11.7. The molecule has 0 spiro atoms. The molecule has 0 bridgehead atoms. The van der Waals surface area contributed by atoms with Crippen molar-refractivity contribution in [3.63, 3.8) is 0 Å². The van der Waals surface area contributed by atoms with Crippen molar-refractivity contribution >= 4 is 40.7 Å². The maximum atomic E-state index is 15.5. The number of carboxylic acid groups (broad SMARTS) is 1. The molecule has 2 aromatic heterocycles. The standard InChI is InChI=1S/C31H31Cl2FN4O5/c1-15-19-7-6-10-42-27(19)22(34)12-20(15)26-25(28(30(40)41)43-31(3,4)5)16(2)36-24-13-23(37-38(24)26)29(39)35-14-17-8-9-18(32)11-21(17)33/h8-9,11-13,28H,6-7,10,14H2,1-5H3,(H,35,39)(H,40,41)/t28-/m0/s1. The molecule has 1 amide bonds. The van der Waals surface area contributed by atoms with Gasteiger partial charge in [0.15, 0.2) is 29.0 Å². The summed E-state index contributed by atoms with van der Waals surface area (Å²) in [6, 6.07) is 7.77. The fourth-order valence-electron chi connectivity index (χ4n) is 5.24. The number of benzene rings is 2.